The van der Waals surface area contributed by atoms with Gasteiger partial charge in [0.05, 0.1) is 5.69 Å². The Labute approximate surface area is 55.1 Å². The van der Waals surface area contributed by atoms with Crippen molar-refractivity contribution in [1.82, 2.24) is 0 Å². The third kappa shape index (κ3) is 1.68. The molecule has 1 aromatic rings. The average Bonchev–Trinajstić information content (AvgIpc) is 1.91. The van der Waals surface area contributed by atoms with Gasteiger partial charge in [-0.25, -0.2) is 0 Å². The first-order valence-corrected chi connectivity index (χ1v) is 2.97. The molecule has 0 saturated heterocycles. The van der Waals surface area contributed by atoms with Gasteiger partial charge >= 0.3 is 0 Å². The minimum atomic E-state index is 1.01. The predicted molar refractivity (Wildman–Crippen MR) is 40.3 cm³/mol. The Morgan fingerprint density at radius 1 is 1.22 bits per heavy atom. The van der Waals surface area contributed by atoms with Crippen molar-refractivity contribution in [3.63, 3.8) is 0 Å². The molecule has 0 radical (unpaired) electrons. The van der Waals surface area contributed by atoms with Gasteiger partial charge in [0, 0.05) is 6.21 Å². The molecule has 1 heteroatoms. The minimum Gasteiger partial charge on any atom is -0.262 e. The zero-order valence-electron chi connectivity index (χ0n) is 5.41. The van der Waals surface area contributed by atoms with Crippen LogP contribution in [-0.4, -0.2) is 6.21 Å². The monoisotopic (exact) mass is 119 g/mol. The highest BCUT2D eigenvalue weighted by Gasteiger charge is 1.78. The Hall–Kier alpha value is -1.11. The fraction of sp³-hybridized carbons (Fsp3) is 0.125. The molecule has 0 unspecified atom stereocenters. The van der Waals surface area contributed by atoms with Crippen molar-refractivity contribution >= 4 is 11.9 Å². The first kappa shape index (κ1) is 6.02. The van der Waals surface area contributed by atoms with Gasteiger partial charge < -0.3 is 0 Å². The van der Waals surface area contributed by atoms with Crippen molar-refractivity contribution in [2.45, 2.75) is 6.92 Å². The maximum absolute atomic E-state index is 4.08. The van der Waals surface area contributed by atoms with E-state index in [4.69, 9.17) is 0 Å². The summed E-state index contributed by atoms with van der Waals surface area (Å²) in [5.41, 5.74) is 1.01. The van der Waals surface area contributed by atoms with Crippen LogP contribution in [0.25, 0.3) is 0 Å². The van der Waals surface area contributed by atoms with Crippen LogP contribution in [0.2, 0.25) is 0 Å². The van der Waals surface area contributed by atoms with Crippen molar-refractivity contribution in [3.8, 4) is 0 Å². The number of benzene rings is 1. The van der Waals surface area contributed by atoms with E-state index < -0.39 is 0 Å². The molecule has 9 heavy (non-hydrogen) atoms. The molecule has 0 saturated carbocycles. The standard InChI is InChI=1S/C8H9N/c1-2-9-8-6-4-3-5-7-8/h2-7H,1H3. The van der Waals surface area contributed by atoms with Crippen LogP contribution in [0.15, 0.2) is 35.3 Å². The van der Waals surface area contributed by atoms with Crippen LogP contribution in [0.1, 0.15) is 6.92 Å². The summed E-state index contributed by atoms with van der Waals surface area (Å²) in [4.78, 5) is 4.08. The summed E-state index contributed by atoms with van der Waals surface area (Å²) in [5.74, 6) is 0. The Kier molecular flexibility index (Phi) is 2.02. The Morgan fingerprint density at radius 3 is 2.44 bits per heavy atom. The quantitative estimate of drug-likeness (QED) is 0.503. The molecule has 0 amide bonds. The van der Waals surface area contributed by atoms with Gasteiger partial charge in [-0.2, -0.15) is 0 Å². The van der Waals surface area contributed by atoms with Crippen LogP contribution in [0, 0.1) is 0 Å². The van der Waals surface area contributed by atoms with Gasteiger partial charge in [-0.15, -0.1) is 0 Å². The molecule has 0 aliphatic carbocycles. The summed E-state index contributed by atoms with van der Waals surface area (Å²) in [6.07, 6.45) is 1.79. The van der Waals surface area contributed by atoms with Crippen LogP contribution in [0.3, 0.4) is 0 Å². The lowest BCUT2D eigenvalue weighted by molar-refractivity contribution is 1.53. The van der Waals surface area contributed by atoms with Gasteiger partial charge in [-0.3, -0.25) is 4.99 Å². The van der Waals surface area contributed by atoms with E-state index in [0.29, 0.717) is 0 Å². The van der Waals surface area contributed by atoms with Crippen molar-refractivity contribution in [1.29, 1.82) is 0 Å². The molecule has 1 rings (SSSR count). The molecule has 0 atom stereocenters. The summed E-state index contributed by atoms with van der Waals surface area (Å²) < 4.78 is 0. The second-order valence-electron chi connectivity index (χ2n) is 1.72. The van der Waals surface area contributed by atoms with Gasteiger partial charge in [-0.05, 0) is 19.1 Å². The molecule has 0 fully saturated rings. The molecular weight excluding hydrogens is 110 g/mol. The normalized spacial score (nSPS) is 10.3. The van der Waals surface area contributed by atoms with E-state index in [1.54, 1.807) is 6.21 Å². The van der Waals surface area contributed by atoms with E-state index in [2.05, 4.69) is 4.99 Å². The predicted octanol–water partition coefficient (Wildman–Crippen LogP) is 2.41. The topological polar surface area (TPSA) is 12.4 Å². The van der Waals surface area contributed by atoms with Crippen molar-refractivity contribution in [2.24, 2.45) is 4.99 Å². The Balaban J connectivity index is 2.85. The zero-order valence-corrected chi connectivity index (χ0v) is 5.41. The smallest absolute Gasteiger partial charge is 0.0625 e. The number of aliphatic imine (C=N–C) groups is 1. The van der Waals surface area contributed by atoms with Gasteiger partial charge in [0.25, 0.3) is 0 Å². The van der Waals surface area contributed by atoms with E-state index in [0.717, 1.165) is 5.69 Å². The maximum Gasteiger partial charge on any atom is 0.0625 e. The largest absolute Gasteiger partial charge is 0.262 e. The fourth-order valence-electron chi connectivity index (χ4n) is 0.663. The van der Waals surface area contributed by atoms with E-state index in [9.17, 15) is 0 Å². The number of nitrogens with zero attached hydrogens (tertiary/aromatic N) is 1. The molecule has 0 spiro atoms. The van der Waals surface area contributed by atoms with Crippen molar-refractivity contribution < 1.29 is 0 Å². The highest BCUT2D eigenvalue weighted by Crippen LogP contribution is 2.07. The summed E-state index contributed by atoms with van der Waals surface area (Å²) >= 11 is 0. The average molecular weight is 119 g/mol. The van der Waals surface area contributed by atoms with Crippen LogP contribution in [0.4, 0.5) is 5.69 Å². The molecule has 0 bridgehead atoms. The van der Waals surface area contributed by atoms with Gasteiger partial charge in [0.1, 0.15) is 0 Å². The Morgan fingerprint density at radius 2 is 1.89 bits per heavy atom. The SMILES string of the molecule is CC=Nc1ccccc1. The van der Waals surface area contributed by atoms with Crippen LogP contribution >= 0.6 is 0 Å². The minimum absolute atomic E-state index is 1.01. The van der Waals surface area contributed by atoms with E-state index in [1.165, 1.54) is 0 Å². The first-order chi connectivity index (χ1) is 4.43. The lowest BCUT2D eigenvalue weighted by Crippen LogP contribution is -1.61. The third-order valence-electron chi connectivity index (χ3n) is 1.03. The second kappa shape index (κ2) is 3.02. The lowest BCUT2D eigenvalue weighted by Gasteiger charge is -1.86. The van der Waals surface area contributed by atoms with E-state index in [-0.39, 0.29) is 0 Å². The zero-order chi connectivity index (χ0) is 6.53. The van der Waals surface area contributed by atoms with E-state index >= 15 is 0 Å². The summed E-state index contributed by atoms with van der Waals surface area (Å²) in [7, 11) is 0. The molecule has 0 heterocycles. The summed E-state index contributed by atoms with van der Waals surface area (Å²) in [6.45, 7) is 1.91. The van der Waals surface area contributed by atoms with Crippen LogP contribution in [0.5, 0.6) is 0 Å². The Bertz CT molecular complexity index is 189. The van der Waals surface area contributed by atoms with Crippen molar-refractivity contribution in [3.05, 3.63) is 30.3 Å². The van der Waals surface area contributed by atoms with Crippen LogP contribution in [-0.2, 0) is 0 Å². The fourth-order valence-corrected chi connectivity index (χ4v) is 0.663. The van der Waals surface area contributed by atoms with Crippen molar-refractivity contribution in [2.75, 3.05) is 0 Å². The first-order valence-electron chi connectivity index (χ1n) is 2.97. The lowest BCUT2D eigenvalue weighted by atomic mass is 10.3. The third-order valence-corrected chi connectivity index (χ3v) is 1.03. The molecule has 0 aromatic heterocycles. The number of hydrogen-bond acceptors (Lipinski definition) is 1. The number of para-hydroxylation sites is 1. The molecule has 0 aliphatic heterocycles. The molecule has 1 nitrogen and oxygen atoms in total. The molecule has 1 aromatic carbocycles. The maximum atomic E-state index is 4.08. The number of rotatable bonds is 1. The van der Waals surface area contributed by atoms with E-state index in [1.807, 2.05) is 37.3 Å². The molecule has 46 valence electrons. The highest BCUT2D eigenvalue weighted by molar-refractivity contribution is 5.59. The van der Waals surface area contributed by atoms with Gasteiger partial charge in [0.2, 0.25) is 0 Å². The molecule has 0 N–H and O–H groups in total. The number of hydrogen-bond donors (Lipinski definition) is 0. The second-order valence-corrected chi connectivity index (χ2v) is 1.72. The summed E-state index contributed by atoms with van der Waals surface area (Å²) in [6, 6.07) is 9.87. The highest BCUT2D eigenvalue weighted by atomic mass is 14.7. The van der Waals surface area contributed by atoms with Gasteiger partial charge in [-0.1, -0.05) is 18.2 Å². The van der Waals surface area contributed by atoms with Gasteiger partial charge in [0.15, 0.2) is 0 Å². The summed E-state index contributed by atoms with van der Waals surface area (Å²) in [5, 5.41) is 0. The molecule has 0 aliphatic rings. The molecular formula is C8H9N. The van der Waals surface area contributed by atoms with Crippen LogP contribution < -0.4 is 0 Å².